The van der Waals surface area contributed by atoms with E-state index < -0.39 is 10.0 Å². The second-order valence-electron chi connectivity index (χ2n) is 9.85. The highest BCUT2D eigenvalue weighted by Crippen LogP contribution is 2.40. The smallest absolute Gasteiger partial charge is 0.318 e. The second-order valence-corrected chi connectivity index (χ2v) is 12.8. The van der Waals surface area contributed by atoms with E-state index in [1.807, 2.05) is 17.4 Å². The first-order valence-corrected chi connectivity index (χ1v) is 14.9. The van der Waals surface area contributed by atoms with Crippen LogP contribution in [0, 0.1) is 13.8 Å². The number of aryl methyl sites for hydroxylation is 2. The van der Waals surface area contributed by atoms with Gasteiger partial charge in [-0.05, 0) is 81.6 Å². The first kappa shape index (κ1) is 28.3. The lowest BCUT2D eigenvalue weighted by Gasteiger charge is -2.46. The second kappa shape index (κ2) is 11.6. The van der Waals surface area contributed by atoms with Crippen LogP contribution < -0.4 is 14.4 Å². The lowest BCUT2D eigenvalue weighted by atomic mass is 9.84. The van der Waals surface area contributed by atoms with Crippen molar-refractivity contribution in [2.24, 2.45) is 0 Å². The van der Waals surface area contributed by atoms with E-state index in [9.17, 15) is 8.42 Å². The Morgan fingerprint density at radius 2 is 1.79 bits per heavy atom. The molecule has 0 atom stereocenters. The van der Waals surface area contributed by atoms with Gasteiger partial charge >= 0.3 is 6.01 Å². The molecule has 11 heteroatoms. The van der Waals surface area contributed by atoms with E-state index >= 15 is 0 Å². The molecule has 9 nitrogen and oxygen atoms in total. The van der Waals surface area contributed by atoms with Gasteiger partial charge in [-0.2, -0.15) is 9.29 Å². The summed E-state index contributed by atoms with van der Waals surface area (Å²) in [5.74, 6) is 1.45. The Morgan fingerprint density at radius 1 is 1.11 bits per heavy atom. The quantitative estimate of drug-likeness (QED) is 0.369. The predicted octanol–water partition coefficient (Wildman–Crippen LogP) is 3.92. The number of nitrogens with zero attached hydrogens (tertiary/aromatic N) is 5. The van der Waals surface area contributed by atoms with Gasteiger partial charge in [0.25, 0.3) is 0 Å². The van der Waals surface area contributed by atoms with Crippen LogP contribution in [-0.4, -0.2) is 82.1 Å². The third-order valence-electron chi connectivity index (χ3n) is 7.34. The zero-order valence-corrected chi connectivity index (χ0v) is 24.6. The van der Waals surface area contributed by atoms with Crippen LogP contribution in [0.1, 0.15) is 28.8 Å². The van der Waals surface area contributed by atoms with Crippen molar-refractivity contribution in [3.63, 3.8) is 0 Å². The topological polar surface area (TPSA) is 88.1 Å². The van der Waals surface area contributed by atoms with Gasteiger partial charge < -0.3 is 14.4 Å². The maximum absolute atomic E-state index is 13.3. The molecule has 0 amide bonds. The average Bonchev–Trinajstić information content (AvgIpc) is 3.44. The Kier molecular flexibility index (Phi) is 8.61. The number of sulfonamides is 1. The SMILES string of the molecule is COc1cc(C)c(S(=O)(=O)N(C)CCOc2nccc(N3CCC(c4cccs4)(N(C)C)CC3)n2)c(C)c1. The van der Waals surface area contributed by atoms with Gasteiger partial charge in [-0.1, -0.05) is 6.07 Å². The molecule has 0 aliphatic carbocycles. The molecular weight excluding hydrogens is 522 g/mol. The van der Waals surface area contributed by atoms with Gasteiger partial charge in [-0.25, -0.2) is 13.4 Å². The van der Waals surface area contributed by atoms with Crippen LogP contribution >= 0.6 is 11.3 Å². The number of ether oxygens (including phenoxy) is 2. The molecule has 38 heavy (non-hydrogen) atoms. The van der Waals surface area contributed by atoms with Crippen LogP contribution in [0.5, 0.6) is 11.8 Å². The maximum atomic E-state index is 13.3. The van der Waals surface area contributed by atoms with Gasteiger partial charge in [-0.3, -0.25) is 4.90 Å². The summed E-state index contributed by atoms with van der Waals surface area (Å²) in [6, 6.07) is 9.94. The lowest BCUT2D eigenvalue weighted by molar-refractivity contribution is 0.119. The minimum Gasteiger partial charge on any atom is -0.497 e. The number of rotatable bonds is 10. The van der Waals surface area contributed by atoms with Crippen LogP contribution in [0.15, 0.2) is 46.8 Å². The fourth-order valence-electron chi connectivity index (χ4n) is 5.12. The van der Waals surface area contributed by atoms with E-state index in [0.29, 0.717) is 21.8 Å². The molecule has 1 aliphatic rings. The van der Waals surface area contributed by atoms with Gasteiger partial charge in [0, 0.05) is 37.8 Å². The summed E-state index contributed by atoms with van der Waals surface area (Å²) in [6.45, 7) is 5.58. The number of anilines is 1. The normalized spacial score (nSPS) is 15.7. The van der Waals surface area contributed by atoms with Gasteiger partial charge in [-0.15, -0.1) is 11.3 Å². The van der Waals surface area contributed by atoms with E-state index in [-0.39, 0.29) is 24.7 Å². The number of aromatic nitrogens is 2. The number of methoxy groups -OCH3 is 1. The van der Waals surface area contributed by atoms with Gasteiger partial charge in [0.05, 0.1) is 17.5 Å². The number of thiophene rings is 1. The molecule has 0 bridgehead atoms. The van der Waals surface area contributed by atoms with Gasteiger partial charge in [0.1, 0.15) is 18.2 Å². The van der Waals surface area contributed by atoms with Crippen molar-refractivity contribution in [2.45, 2.75) is 37.1 Å². The van der Waals surface area contributed by atoms with Gasteiger partial charge in [0.2, 0.25) is 10.0 Å². The van der Waals surface area contributed by atoms with Crippen LogP contribution in [0.3, 0.4) is 0 Å². The minimum absolute atomic E-state index is 0.0354. The molecule has 4 rings (SSSR count). The number of likely N-dealkylation sites (N-methyl/N-ethyl adjacent to an activating group) is 1. The summed E-state index contributed by atoms with van der Waals surface area (Å²) in [6.07, 6.45) is 3.68. The molecule has 0 saturated carbocycles. The Labute approximate surface area is 230 Å². The Balaban J connectivity index is 1.37. The maximum Gasteiger partial charge on any atom is 0.318 e. The van der Waals surface area contributed by atoms with Crippen molar-refractivity contribution < 1.29 is 17.9 Å². The fraction of sp³-hybridized carbons (Fsp3) is 0.481. The molecule has 2 aromatic heterocycles. The highest BCUT2D eigenvalue weighted by molar-refractivity contribution is 7.89. The van der Waals surface area contributed by atoms with Crippen molar-refractivity contribution in [2.75, 3.05) is 59.4 Å². The van der Waals surface area contributed by atoms with Crippen molar-refractivity contribution in [3.8, 4) is 11.8 Å². The predicted molar refractivity (Wildman–Crippen MR) is 151 cm³/mol. The number of hydrogen-bond acceptors (Lipinski definition) is 9. The number of benzene rings is 1. The van der Waals surface area contributed by atoms with E-state index in [4.69, 9.17) is 9.47 Å². The molecule has 0 unspecified atom stereocenters. The van der Waals surface area contributed by atoms with Gasteiger partial charge in [0.15, 0.2) is 0 Å². The summed E-state index contributed by atoms with van der Waals surface area (Å²) in [4.78, 5) is 15.1. The summed E-state index contributed by atoms with van der Waals surface area (Å²) >= 11 is 1.81. The number of hydrogen-bond donors (Lipinski definition) is 0. The molecule has 1 saturated heterocycles. The highest BCUT2D eigenvalue weighted by atomic mass is 32.2. The summed E-state index contributed by atoms with van der Waals surface area (Å²) in [5.41, 5.74) is 1.32. The van der Waals surface area contributed by atoms with Crippen molar-refractivity contribution in [1.29, 1.82) is 0 Å². The highest BCUT2D eigenvalue weighted by Gasteiger charge is 2.39. The van der Waals surface area contributed by atoms with Crippen molar-refractivity contribution in [1.82, 2.24) is 19.2 Å². The molecular formula is C27H37N5O4S2. The standard InChI is InChI=1S/C27H37N5O4S2/c1-20-18-22(35-6)19-21(2)25(20)38(33,34)31(5)15-16-36-26-28-12-9-24(29-26)32-13-10-27(11-14-32,30(3)4)23-8-7-17-37-23/h7-9,12,17-19H,10-11,13-16H2,1-6H3. The number of piperidine rings is 1. The van der Waals surface area contributed by atoms with Crippen molar-refractivity contribution in [3.05, 3.63) is 57.9 Å². The van der Waals surface area contributed by atoms with Crippen molar-refractivity contribution >= 4 is 27.2 Å². The Morgan fingerprint density at radius 3 is 2.37 bits per heavy atom. The van der Waals surface area contributed by atoms with E-state index in [0.717, 1.165) is 31.7 Å². The molecule has 1 aromatic carbocycles. The minimum atomic E-state index is -3.70. The molecule has 0 radical (unpaired) electrons. The lowest BCUT2D eigenvalue weighted by Crippen LogP contribution is -2.50. The Bertz CT molecular complexity index is 1310. The van der Waals surface area contributed by atoms with E-state index in [2.05, 4.69) is 51.4 Å². The van der Waals surface area contributed by atoms with E-state index in [1.54, 1.807) is 46.3 Å². The van der Waals surface area contributed by atoms with Crippen LogP contribution in [-0.2, 0) is 15.6 Å². The van der Waals surface area contributed by atoms with Crippen LogP contribution in [0.25, 0.3) is 0 Å². The fourth-order valence-corrected chi connectivity index (χ4v) is 7.74. The zero-order valence-electron chi connectivity index (χ0n) is 23.0. The summed E-state index contributed by atoms with van der Waals surface area (Å²) in [5, 5.41) is 2.14. The van der Waals surface area contributed by atoms with Crippen LogP contribution in [0.2, 0.25) is 0 Å². The first-order valence-electron chi connectivity index (χ1n) is 12.6. The average molecular weight is 560 g/mol. The molecule has 1 aliphatic heterocycles. The molecule has 0 spiro atoms. The zero-order chi connectivity index (χ0) is 27.5. The molecule has 3 aromatic rings. The Hall–Kier alpha value is -2.73. The first-order chi connectivity index (χ1) is 18.1. The molecule has 3 heterocycles. The largest absolute Gasteiger partial charge is 0.497 e. The third-order valence-corrected chi connectivity index (χ3v) is 10.6. The van der Waals surface area contributed by atoms with Crippen LogP contribution in [0.4, 0.5) is 5.82 Å². The molecule has 206 valence electrons. The van der Waals surface area contributed by atoms with E-state index in [1.165, 1.54) is 9.18 Å². The summed E-state index contributed by atoms with van der Waals surface area (Å²) in [7, 11) is 3.73. The third kappa shape index (κ3) is 5.66. The molecule has 0 N–H and O–H groups in total. The molecule has 1 fully saturated rings. The monoisotopic (exact) mass is 559 g/mol. The summed E-state index contributed by atoms with van der Waals surface area (Å²) < 4.78 is 38.9.